The van der Waals surface area contributed by atoms with E-state index in [-0.39, 0.29) is 10.8 Å². The smallest absolute Gasteiger partial charge is 0.0940 e. The maximum atomic E-state index is 5.22. The Morgan fingerprint density at radius 1 is 1.11 bits per heavy atom. The number of furan rings is 1. The fourth-order valence-electron chi connectivity index (χ4n) is 2.35. The molecule has 0 aromatic carbocycles. The maximum Gasteiger partial charge on any atom is 0.0940 e. The highest BCUT2D eigenvalue weighted by Crippen LogP contribution is 2.35. The van der Waals surface area contributed by atoms with Gasteiger partial charge in [-0.05, 0) is 50.8 Å². The van der Waals surface area contributed by atoms with Gasteiger partial charge in [0.15, 0.2) is 0 Å². The zero-order valence-electron chi connectivity index (χ0n) is 11.9. The van der Waals surface area contributed by atoms with Crippen molar-refractivity contribution < 1.29 is 4.42 Å². The Balaban J connectivity index is 2.28. The summed E-state index contributed by atoms with van der Waals surface area (Å²) in [6.07, 6.45) is 4.68. The van der Waals surface area contributed by atoms with E-state index in [1.54, 1.807) is 6.26 Å². The summed E-state index contributed by atoms with van der Waals surface area (Å²) in [5.41, 5.74) is 4.56. The molecule has 0 N–H and O–H groups in total. The van der Waals surface area contributed by atoms with Crippen molar-refractivity contribution in [2.24, 2.45) is 0 Å². The topological polar surface area (TPSA) is 13.1 Å². The van der Waals surface area contributed by atoms with Crippen LogP contribution in [0.5, 0.6) is 0 Å². The molecule has 0 aliphatic rings. The fourth-order valence-corrected chi connectivity index (χ4v) is 3.43. The van der Waals surface area contributed by atoms with Gasteiger partial charge in [-0.25, -0.2) is 0 Å². The van der Waals surface area contributed by atoms with Crippen molar-refractivity contribution in [3.8, 4) is 0 Å². The fraction of sp³-hybridized carbons (Fsp3) is 0.500. The van der Waals surface area contributed by atoms with Crippen LogP contribution < -0.4 is 0 Å². The summed E-state index contributed by atoms with van der Waals surface area (Å²) < 4.78 is 5.22. The Labute approximate surface area is 114 Å². The Kier molecular flexibility index (Phi) is 3.41. The molecule has 0 saturated heterocycles. The first-order valence-corrected chi connectivity index (χ1v) is 7.33. The van der Waals surface area contributed by atoms with Gasteiger partial charge in [-0.2, -0.15) is 11.3 Å². The monoisotopic (exact) mass is 262 g/mol. The minimum atomic E-state index is 0.119. The summed E-state index contributed by atoms with van der Waals surface area (Å²) in [5, 5.41) is 4.59. The van der Waals surface area contributed by atoms with Crippen LogP contribution in [0.3, 0.4) is 0 Å². The zero-order valence-corrected chi connectivity index (χ0v) is 12.7. The minimum Gasteiger partial charge on any atom is -0.472 e. The first-order valence-electron chi connectivity index (χ1n) is 6.39. The van der Waals surface area contributed by atoms with E-state index in [0.717, 1.165) is 6.42 Å². The van der Waals surface area contributed by atoms with Gasteiger partial charge in [0.2, 0.25) is 0 Å². The van der Waals surface area contributed by atoms with Gasteiger partial charge in [0.1, 0.15) is 0 Å². The van der Waals surface area contributed by atoms with E-state index >= 15 is 0 Å². The quantitative estimate of drug-likeness (QED) is 0.744. The molecule has 2 heteroatoms. The molecule has 1 nitrogen and oxygen atoms in total. The summed E-state index contributed by atoms with van der Waals surface area (Å²) in [6.45, 7) is 11.4. The van der Waals surface area contributed by atoms with Crippen molar-refractivity contribution in [2.75, 3.05) is 0 Å². The molecule has 0 radical (unpaired) electrons. The van der Waals surface area contributed by atoms with Crippen LogP contribution in [-0.2, 0) is 17.3 Å². The first kappa shape index (κ1) is 13.4. The van der Waals surface area contributed by atoms with E-state index in [1.807, 2.05) is 17.6 Å². The summed E-state index contributed by atoms with van der Waals surface area (Å²) in [7, 11) is 0. The van der Waals surface area contributed by atoms with Crippen LogP contribution in [0.4, 0.5) is 0 Å². The Morgan fingerprint density at radius 3 is 2.39 bits per heavy atom. The molecule has 2 aromatic heterocycles. The molecule has 2 rings (SSSR count). The molecular formula is C16H22OS. The predicted octanol–water partition coefficient (Wildman–Crippen LogP) is 5.16. The minimum absolute atomic E-state index is 0.119. The van der Waals surface area contributed by atoms with Crippen molar-refractivity contribution in [3.63, 3.8) is 0 Å². The summed E-state index contributed by atoms with van der Waals surface area (Å²) in [4.78, 5) is 0. The van der Waals surface area contributed by atoms with Gasteiger partial charge in [0.25, 0.3) is 0 Å². The van der Waals surface area contributed by atoms with E-state index in [2.05, 4.69) is 51.4 Å². The molecule has 0 aliphatic carbocycles. The lowest BCUT2D eigenvalue weighted by atomic mass is 9.77. The van der Waals surface area contributed by atoms with Gasteiger partial charge in [-0.15, -0.1) is 0 Å². The van der Waals surface area contributed by atoms with Gasteiger partial charge < -0.3 is 4.42 Å². The largest absolute Gasteiger partial charge is 0.472 e. The van der Waals surface area contributed by atoms with Crippen LogP contribution in [-0.4, -0.2) is 0 Å². The second-order valence-corrected chi connectivity index (χ2v) is 7.38. The molecule has 0 aliphatic heterocycles. The molecule has 0 bridgehead atoms. The van der Waals surface area contributed by atoms with E-state index < -0.39 is 0 Å². The van der Waals surface area contributed by atoms with Crippen LogP contribution in [0, 0.1) is 0 Å². The lowest BCUT2D eigenvalue weighted by Crippen LogP contribution is -2.22. The molecule has 0 spiro atoms. The van der Waals surface area contributed by atoms with Crippen molar-refractivity contribution >= 4 is 11.3 Å². The van der Waals surface area contributed by atoms with Gasteiger partial charge >= 0.3 is 0 Å². The van der Waals surface area contributed by atoms with Gasteiger partial charge in [-0.3, -0.25) is 0 Å². The molecule has 2 heterocycles. The highest BCUT2D eigenvalue weighted by atomic mass is 32.1. The highest BCUT2D eigenvalue weighted by Gasteiger charge is 2.26. The second kappa shape index (κ2) is 4.58. The highest BCUT2D eigenvalue weighted by molar-refractivity contribution is 7.08. The third-order valence-electron chi connectivity index (χ3n) is 3.49. The third kappa shape index (κ3) is 2.69. The first-order chi connectivity index (χ1) is 8.31. The lowest BCUT2D eigenvalue weighted by Gasteiger charge is -2.26. The van der Waals surface area contributed by atoms with Crippen LogP contribution in [0.15, 0.2) is 33.8 Å². The van der Waals surface area contributed by atoms with Crippen LogP contribution >= 0.6 is 11.3 Å². The molecule has 0 unspecified atom stereocenters. The number of hydrogen-bond acceptors (Lipinski definition) is 2. The van der Waals surface area contributed by atoms with E-state index in [1.165, 1.54) is 16.7 Å². The Hall–Kier alpha value is -1.02. The molecular weight excluding hydrogens is 240 g/mol. The van der Waals surface area contributed by atoms with Gasteiger partial charge in [0.05, 0.1) is 12.5 Å². The molecule has 0 amide bonds. The van der Waals surface area contributed by atoms with Crippen molar-refractivity contribution in [2.45, 2.75) is 51.9 Å². The average molecular weight is 262 g/mol. The van der Waals surface area contributed by atoms with Gasteiger partial charge in [0, 0.05) is 0 Å². The van der Waals surface area contributed by atoms with E-state index in [4.69, 9.17) is 4.42 Å². The lowest BCUT2D eigenvalue weighted by molar-refractivity contribution is 0.493. The van der Waals surface area contributed by atoms with Crippen molar-refractivity contribution in [1.29, 1.82) is 0 Å². The van der Waals surface area contributed by atoms with Crippen LogP contribution in [0.25, 0.3) is 0 Å². The standard InChI is InChI=1S/C16H22OS/c1-15(2,3)14-11-18-10-12(14)8-16(4,5)13-6-7-17-9-13/h6-7,9-11H,8H2,1-5H3. The van der Waals surface area contributed by atoms with Crippen LogP contribution in [0.2, 0.25) is 0 Å². The normalized spacial score (nSPS) is 12.9. The molecule has 0 saturated carbocycles. The number of thiophene rings is 1. The summed E-state index contributed by atoms with van der Waals surface area (Å²) in [6, 6.07) is 2.07. The maximum absolute atomic E-state index is 5.22. The van der Waals surface area contributed by atoms with Crippen LogP contribution in [0.1, 0.15) is 51.3 Å². The molecule has 0 atom stereocenters. The summed E-state index contributed by atoms with van der Waals surface area (Å²) in [5.74, 6) is 0. The Bertz CT molecular complexity index is 497. The molecule has 2 aromatic rings. The predicted molar refractivity (Wildman–Crippen MR) is 78.5 cm³/mol. The molecule has 98 valence electrons. The van der Waals surface area contributed by atoms with E-state index in [9.17, 15) is 0 Å². The number of rotatable bonds is 3. The molecule has 0 fully saturated rings. The Morgan fingerprint density at radius 2 is 1.83 bits per heavy atom. The molecule has 18 heavy (non-hydrogen) atoms. The average Bonchev–Trinajstić information content (AvgIpc) is 2.83. The summed E-state index contributed by atoms with van der Waals surface area (Å²) >= 11 is 1.81. The second-order valence-electron chi connectivity index (χ2n) is 6.63. The van der Waals surface area contributed by atoms with E-state index in [0.29, 0.717) is 0 Å². The third-order valence-corrected chi connectivity index (χ3v) is 4.28. The van der Waals surface area contributed by atoms with Crippen molar-refractivity contribution in [3.05, 3.63) is 46.0 Å². The van der Waals surface area contributed by atoms with Gasteiger partial charge in [-0.1, -0.05) is 34.6 Å². The zero-order chi connectivity index (χ0) is 13.4. The van der Waals surface area contributed by atoms with Crippen molar-refractivity contribution in [1.82, 2.24) is 0 Å². The SMILES string of the molecule is CC(C)(C)c1cscc1CC(C)(C)c1ccoc1. The number of hydrogen-bond donors (Lipinski definition) is 0.